The van der Waals surface area contributed by atoms with Crippen molar-refractivity contribution < 1.29 is 45.5 Å². The van der Waals surface area contributed by atoms with Gasteiger partial charge in [-0.3, -0.25) is 4.79 Å². The van der Waals surface area contributed by atoms with Crippen molar-refractivity contribution in [2.75, 3.05) is 13.1 Å². The zero-order chi connectivity index (χ0) is 26.0. The second-order valence-electron chi connectivity index (χ2n) is 9.15. The number of hydrogen-bond acceptors (Lipinski definition) is 4. The van der Waals surface area contributed by atoms with Gasteiger partial charge < -0.3 is 14.8 Å². The lowest BCUT2D eigenvalue weighted by atomic mass is 9.84. The molecule has 188 valence electrons. The summed E-state index contributed by atoms with van der Waals surface area (Å²) in [4.78, 5) is 17.8. The number of amides is 1. The molecule has 1 atom stereocenters. The quantitative estimate of drug-likeness (QED) is 0.494. The summed E-state index contributed by atoms with van der Waals surface area (Å²) in [5.41, 5.74) is -7.74. The Kier molecular flexibility index (Phi) is 5.66. The summed E-state index contributed by atoms with van der Waals surface area (Å²) in [6, 6.07) is 5.65. The first-order valence-corrected chi connectivity index (χ1v) is 10.4. The van der Waals surface area contributed by atoms with E-state index in [2.05, 4.69) is 9.99 Å². The van der Waals surface area contributed by atoms with Gasteiger partial charge in [0.05, 0.1) is 18.8 Å². The zero-order valence-corrected chi connectivity index (χ0v) is 18.4. The van der Waals surface area contributed by atoms with Crippen LogP contribution in [0.5, 0.6) is 0 Å². The molecule has 2 aromatic carbocycles. The topological polar surface area (TPSA) is 62.1 Å². The number of likely N-dealkylation sites (tertiary alicyclic amines) is 1. The molecule has 35 heavy (non-hydrogen) atoms. The Morgan fingerprint density at radius 3 is 2.06 bits per heavy atom. The van der Waals surface area contributed by atoms with Crippen LogP contribution in [-0.2, 0) is 20.9 Å². The fraction of sp³-hybridized carbons (Fsp3) is 0.391. The third kappa shape index (κ3) is 4.13. The molecule has 1 saturated heterocycles. The molecule has 0 spiro atoms. The van der Waals surface area contributed by atoms with E-state index in [1.54, 1.807) is 0 Å². The van der Waals surface area contributed by atoms with Crippen LogP contribution in [0.2, 0.25) is 0 Å². The number of nitrogens with zero attached hydrogens (tertiary/aromatic N) is 2. The molecule has 1 N–H and O–H groups in total. The number of rotatable bonds is 4. The van der Waals surface area contributed by atoms with Crippen molar-refractivity contribution in [1.82, 2.24) is 4.90 Å². The zero-order valence-electron chi connectivity index (χ0n) is 18.4. The average molecular weight is 504 g/mol. The summed E-state index contributed by atoms with van der Waals surface area (Å²) < 4.78 is 97.7. The van der Waals surface area contributed by atoms with Crippen molar-refractivity contribution in [3.63, 3.8) is 0 Å². The summed E-state index contributed by atoms with van der Waals surface area (Å²) in [6.07, 6.45) is -6.13. The molecule has 5 nitrogen and oxygen atoms in total. The maximum atomic E-state index is 15.2. The van der Waals surface area contributed by atoms with Gasteiger partial charge in [0.2, 0.25) is 0 Å². The van der Waals surface area contributed by atoms with Crippen LogP contribution < -0.4 is 0 Å². The van der Waals surface area contributed by atoms with Crippen LogP contribution in [0.4, 0.5) is 30.7 Å². The van der Waals surface area contributed by atoms with Crippen LogP contribution in [0.25, 0.3) is 0 Å². The molecule has 2 heterocycles. The highest BCUT2D eigenvalue weighted by atomic mass is 19.4. The molecule has 2 aliphatic rings. The second kappa shape index (κ2) is 7.94. The highest BCUT2D eigenvalue weighted by Gasteiger charge is 2.62. The monoisotopic (exact) mass is 504 g/mol. The Bertz CT molecular complexity index is 1180. The Balaban J connectivity index is 1.55. The van der Waals surface area contributed by atoms with Crippen LogP contribution in [0.1, 0.15) is 37.0 Å². The minimum Gasteiger partial charge on any atom is -0.381 e. The summed E-state index contributed by atoms with van der Waals surface area (Å²) in [6.45, 7) is 1.95. The lowest BCUT2D eigenvalue weighted by molar-refractivity contribution is -0.276. The number of carbonyl (C=O) groups excluding carboxylic acids is 1. The van der Waals surface area contributed by atoms with Gasteiger partial charge in [-0.2, -0.15) is 13.2 Å². The van der Waals surface area contributed by atoms with Gasteiger partial charge >= 0.3 is 6.18 Å². The first kappa shape index (κ1) is 25.0. The molecular weight excluding hydrogens is 485 g/mol. The van der Waals surface area contributed by atoms with Crippen molar-refractivity contribution >= 4 is 11.6 Å². The normalized spacial score (nSPS) is 21.9. The Morgan fingerprint density at radius 1 is 1.03 bits per heavy atom. The van der Waals surface area contributed by atoms with E-state index >= 15 is 4.39 Å². The average Bonchev–Trinajstić information content (AvgIpc) is 3.21. The van der Waals surface area contributed by atoms with Crippen molar-refractivity contribution in [3.8, 4) is 0 Å². The summed E-state index contributed by atoms with van der Waals surface area (Å²) in [7, 11) is 0. The van der Waals surface area contributed by atoms with Crippen LogP contribution >= 0.6 is 0 Å². The number of halogens is 7. The molecule has 0 bridgehead atoms. The van der Waals surface area contributed by atoms with Gasteiger partial charge in [-0.15, -0.1) is 0 Å². The van der Waals surface area contributed by atoms with Gasteiger partial charge in [0.15, 0.2) is 23.1 Å². The number of hydrogen-bond donors (Lipinski definition) is 1. The lowest BCUT2D eigenvalue weighted by Gasteiger charge is -2.46. The molecule has 0 radical (unpaired) electrons. The van der Waals surface area contributed by atoms with Crippen LogP contribution in [-0.4, -0.2) is 46.5 Å². The Labute approximate surface area is 194 Å². The van der Waals surface area contributed by atoms with Crippen LogP contribution in [0.3, 0.4) is 0 Å². The molecule has 1 amide bonds. The van der Waals surface area contributed by atoms with Crippen LogP contribution in [0, 0.1) is 17.5 Å². The van der Waals surface area contributed by atoms with E-state index in [9.17, 15) is 36.2 Å². The number of carbonyl (C=O) groups is 1. The second-order valence-corrected chi connectivity index (χ2v) is 9.15. The number of oxime groups is 1. The standard InChI is InChI=1S/C23H19F7N2O3/c1-20(2,34)19(33)32-10-21(27,11-32)13-5-3-12(4-6-13)17-9-22(35-31-17,23(28,29)30)14-7-15(24)18(26)16(25)8-14/h3-8,34H,9-11H2,1-2H3. The van der Waals surface area contributed by atoms with Crippen molar-refractivity contribution in [1.29, 1.82) is 0 Å². The molecule has 1 unspecified atom stereocenters. The van der Waals surface area contributed by atoms with Crippen molar-refractivity contribution in [2.45, 2.75) is 43.3 Å². The SMILES string of the molecule is CC(C)(O)C(=O)N1CC(F)(c2ccc(C3=NOC(c4cc(F)c(F)c(F)c4)(C(F)(F)F)C3)cc2)C1. The molecule has 4 rings (SSSR count). The summed E-state index contributed by atoms with van der Waals surface area (Å²) >= 11 is 0. The van der Waals surface area contributed by atoms with E-state index in [0.717, 1.165) is 4.90 Å². The molecule has 0 aliphatic carbocycles. The van der Waals surface area contributed by atoms with E-state index in [1.165, 1.54) is 38.1 Å². The number of aliphatic hydroxyl groups is 1. The van der Waals surface area contributed by atoms with Crippen LogP contribution in [0.15, 0.2) is 41.6 Å². The molecule has 2 aliphatic heterocycles. The smallest absolute Gasteiger partial charge is 0.381 e. The van der Waals surface area contributed by atoms with Gasteiger partial charge in [0.25, 0.3) is 11.5 Å². The number of benzene rings is 2. The predicted molar refractivity (Wildman–Crippen MR) is 108 cm³/mol. The van der Waals surface area contributed by atoms with Gasteiger partial charge in [-0.05, 0) is 37.1 Å². The minimum absolute atomic E-state index is 0.135. The first-order chi connectivity index (χ1) is 16.1. The lowest BCUT2D eigenvalue weighted by Crippen LogP contribution is -2.62. The first-order valence-electron chi connectivity index (χ1n) is 10.4. The summed E-state index contributed by atoms with van der Waals surface area (Å²) in [5, 5.41) is 13.2. The van der Waals surface area contributed by atoms with Gasteiger partial charge in [0.1, 0.15) is 5.60 Å². The Morgan fingerprint density at radius 2 is 1.57 bits per heavy atom. The molecule has 0 saturated carbocycles. The van der Waals surface area contributed by atoms with Gasteiger partial charge in [-0.1, -0.05) is 29.4 Å². The van der Waals surface area contributed by atoms with E-state index in [1.807, 2.05) is 0 Å². The molecule has 2 aromatic rings. The molecule has 0 aromatic heterocycles. The summed E-state index contributed by atoms with van der Waals surface area (Å²) in [5.74, 6) is -6.18. The van der Waals surface area contributed by atoms with Gasteiger partial charge in [-0.25, -0.2) is 17.6 Å². The van der Waals surface area contributed by atoms with E-state index in [-0.39, 0.29) is 42.1 Å². The minimum atomic E-state index is -5.17. The van der Waals surface area contributed by atoms with E-state index in [4.69, 9.17) is 0 Å². The van der Waals surface area contributed by atoms with E-state index < -0.39 is 58.4 Å². The fourth-order valence-corrected chi connectivity index (χ4v) is 4.08. The van der Waals surface area contributed by atoms with Crippen molar-refractivity contribution in [2.24, 2.45) is 5.16 Å². The fourth-order valence-electron chi connectivity index (χ4n) is 4.08. The predicted octanol–water partition coefficient (Wildman–Crippen LogP) is 4.46. The third-order valence-electron chi connectivity index (χ3n) is 6.07. The number of alkyl halides is 4. The Hall–Kier alpha value is -3.15. The molecular formula is C23H19F7N2O3. The van der Waals surface area contributed by atoms with E-state index in [0.29, 0.717) is 0 Å². The highest BCUT2D eigenvalue weighted by molar-refractivity contribution is 6.02. The third-order valence-corrected chi connectivity index (χ3v) is 6.07. The maximum Gasteiger partial charge on any atom is 0.435 e. The highest BCUT2D eigenvalue weighted by Crippen LogP contribution is 2.49. The maximum absolute atomic E-state index is 15.2. The largest absolute Gasteiger partial charge is 0.435 e. The molecule has 1 fully saturated rings. The van der Waals surface area contributed by atoms with Crippen molar-refractivity contribution in [3.05, 3.63) is 70.5 Å². The molecule has 12 heteroatoms. The van der Waals surface area contributed by atoms with Gasteiger partial charge in [0, 0.05) is 12.0 Å².